The zero-order valence-corrected chi connectivity index (χ0v) is 11.9. The molecule has 1 N–H and O–H groups in total. The molecule has 18 heavy (non-hydrogen) atoms. The highest BCUT2D eigenvalue weighted by Gasteiger charge is 2.30. The van der Waals surface area contributed by atoms with Crippen molar-refractivity contribution in [2.24, 2.45) is 5.92 Å². The van der Waals surface area contributed by atoms with Crippen LogP contribution in [0.5, 0.6) is 0 Å². The van der Waals surface area contributed by atoms with Crippen molar-refractivity contribution < 1.29 is 4.74 Å². The van der Waals surface area contributed by atoms with Crippen molar-refractivity contribution in [2.75, 3.05) is 13.2 Å². The molecule has 1 aliphatic heterocycles. The number of rotatable bonds is 5. The summed E-state index contributed by atoms with van der Waals surface area (Å²) in [6, 6.07) is 8.57. The number of nitrogens with one attached hydrogen (secondary N) is 1. The maximum Gasteiger partial charge on any atom is 0.0551 e. The van der Waals surface area contributed by atoms with E-state index in [0.717, 1.165) is 31.0 Å². The molecule has 2 rings (SSSR count). The van der Waals surface area contributed by atoms with Crippen LogP contribution in [0.15, 0.2) is 24.3 Å². The third kappa shape index (κ3) is 3.47. The second-order valence-electron chi connectivity index (χ2n) is 5.12. The first-order chi connectivity index (χ1) is 8.70. The number of halogens is 1. The molecule has 3 unspecified atom stereocenters. The van der Waals surface area contributed by atoms with E-state index in [-0.39, 0.29) is 0 Å². The summed E-state index contributed by atoms with van der Waals surface area (Å²) in [6.45, 7) is 6.24. The molecule has 1 aromatic rings. The molecule has 0 radical (unpaired) electrons. The summed E-state index contributed by atoms with van der Waals surface area (Å²) in [7, 11) is 0. The molecule has 1 heterocycles. The smallest absolute Gasteiger partial charge is 0.0551 e. The van der Waals surface area contributed by atoms with Crippen molar-refractivity contribution >= 4 is 11.6 Å². The van der Waals surface area contributed by atoms with E-state index in [1.807, 2.05) is 12.1 Å². The highest BCUT2D eigenvalue weighted by molar-refractivity contribution is 6.30. The topological polar surface area (TPSA) is 21.3 Å². The molecule has 0 bridgehead atoms. The summed E-state index contributed by atoms with van der Waals surface area (Å²) >= 11 is 5.96. The third-order valence-corrected chi connectivity index (χ3v) is 3.80. The van der Waals surface area contributed by atoms with E-state index in [2.05, 4.69) is 31.3 Å². The number of benzene rings is 1. The van der Waals surface area contributed by atoms with Crippen molar-refractivity contribution in [3.63, 3.8) is 0 Å². The number of ether oxygens (including phenoxy) is 1. The van der Waals surface area contributed by atoms with Gasteiger partial charge in [-0.3, -0.25) is 0 Å². The van der Waals surface area contributed by atoms with Gasteiger partial charge in [0, 0.05) is 17.0 Å². The van der Waals surface area contributed by atoms with Crippen LogP contribution in [0.3, 0.4) is 0 Å². The van der Waals surface area contributed by atoms with Crippen LogP contribution in [0.4, 0.5) is 0 Å². The molecule has 3 atom stereocenters. The average molecular weight is 268 g/mol. The molecule has 2 nitrogen and oxygen atoms in total. The van der Waals surface area contributed by atoms with Gasteiger partial charge in [0.25, 0.3) is 0 Å². The minimum Gasteiger partial charge on any atom is -0.378 e. The molecule has 1 aromatic carbocycles. The summed E-state index contributed by atoms with van der Waals surface area (Å²) in [5, 5.41) is 4.44. The minimum absolute atomic E-state index is 0.382. The van der Waals surface area contributed by atoms with Gasteiger partial charge in [-0.25, -0.2) is 0 Å². The highest BCUT2D eigenvalue weighted by Crippen LogP contribution is 2.32. The van der Waals surface area contributed by atoms with Crippen LogP contribution < -0.4 is 5.32 Å². The highest BCUT2D eigenvalue weighted by atomic mass is 35.5. The molecule has 0 aliphatic carbocycles. The van der Waals surface area contributed by atoms with Crippen LogP contribution in [-0.2, 0) is 4.74 Å². The van der Waals surface area contributed by atoms with E-state index in [4.69, 9.17) is 16.3 Å². The van der Waals surface area contributed by atoms with E-state index < -0.39 is 0 Å². The van der Waals surface area contributed by atoms with E-state index in [9.17, 15) is 0 Å². The normalized spacial score (nSPS) is 25.3. The zero-order valence-electron chi connectivity index (χ0n) is 11.2. The predicted octanol–water partition coefficient (Wildman–Crippen LogP) is 3.81. The lowest BCUT2D eigenvalue weighted by Gasteiger charge is -2.24. The molecule has 0 spiro atoms. The largest absolute Gasteiger partial charge is 0.378 e. The van der Waals surface area contributed by atoms with Crippen molar-refractivity contribution in [2.45, 2.75) is 38.8 Å². The van der Waals surface area contributed by atoms with E-state index in [1.165, 1.54) is 5.56 Å². The van der Waals surface area contributed by atoms with Crippen LogP contribution in [0.1, 0.15) is 38.3 Å². The van der Waals surface area contributed by atoms with Crippen LogP contribution >= 0.6 is 11.6 Å². The van der Waals surface area contributed by atoms with Crippen molar-refractivity contribution in [1.82, 2.24) is 5.32 Å². The first-order valence-corrected chi connectivity index (χ1v) is 7.19. The molecule has 1 fully saturated rings. The Morgan fingerprint density at radius 2 is 2.11 bits per heavy atom. The van der Waals surface area contributed by atoms with E-state index in [1.54, 1.807) is 0 Å². The third-order valence-electron chi connectivity index (χ3n) is 3.54. The van der Waals surface area contributed by atoms with Gasteiger partial charge in [0.05, 0.1) is 12.7 Å². The Labute approximate surface area is 115 Å². The standard InChI is InChI=1S/C15H22ClNO/c1-3-8-17-15(13-9-11(2)18-10-13)12-4-6-14(16)7-5-12/h4-7,11,13,15,17H,3,8-10H2,1-2H3. The van der Waals surface area contributed by atoms with Crippen molar-refractivity contribution in [1.29, 1.82) is 0 Å². The zero-order chi connectivity index (χ0) is 13.0. The first-order valence-electron chi connectivity index (χ1n) is 6.81. The molecule has 0 amide bonds. The fourth-order valence-corrected chi connectivity index (χ4v) is 2.74. The number of hydrogen-bond acceptors (Lipinski definition) is 2. The maximum atomic E-state index is 5.96. The van der Waals surface area contributed by atoms with E-state index in [0.29, 0.717) is 18.1 Å². The van der Waals surface area contributed by atoms with Gasteiger partial charge in [0.1, 0.15) is 0 Å². The second-order valence-corrected chi connectivity index (χ2v) is 5.56. The molecular formula is C15H22ClNO. The minimum atomic E-state index is 0.382. The fraction of sp³-hybridized carbons (Fsp3) is 0.600. The van der Waals surface area contributed by atoms with Crippen LogP contribution in [0.25, 0.3) is 0 Å². The van der Waals surface area contributed by atoms with Crippen LogP contribution in [0, 0.1) is 5.92 Å². The lowest BCUT2D eigenvalue weighted by atomic mass is 9.91. The Morgan fingerprint density at radius 1 is 1.39 bits per heavy atom. The van der Waals surface area contributed by atoms with Gasteiger partial charge in [-0.1, -0.05) is 30.7 Å². The van der Waals surface area contributed by atoms with Gasteiger partial charge in [0.15, 0.2) is 0 Å². The van der Waals surface area contributed by atoms with Gasteiger partial charge in [-0.15, -0.1) is 0 Å². The summed E-state index contributed by atoms with van der Waals surface area (Å²) in [5.74, 6) is 0.563. The Hall–Kier alpha value is -0.570. The average Bonchev–Trinajstić information content (AvgIpc) is 2.78. The maximum absolute atomic E-state index is 5.96. The Kier molecular flexibility index (Phi) is 5.04. The van der Waals surface area contributed by atoms with Gasteiger partial charge < -0.3 is 10.1 Å². The van der Waals surface area contributed by atoms with Crippen LogP contribution in [0.2, 0.25) is 5.02 Å². The van der Waals surface area contributed by atoms with Crippen LogP contribution in [-0.4, -0.2) is 19.3 Å². The fourth-order valence-electron chi connectivity index (χ4n) is 2.61. The van der Waals surface area contributed by atoms with E-state index >= 15 is 0 Å². The molecule has 1 aliphatic rings. The molecule has 0 aromatic heterocycles. The summed E-state index contributed by atoms with van der Waals surface area (Å²) in [4.78, 5) is 0. The molecule has 100 valence electrons. The Bertz CT molecular complexity index is 365. The lowest BCUT2D eigenvalue weighted by molar-refractivity contribution is 0.117. The van der Waals surface area contributed by atoms with Gasteiger partial charge in [-0.05, 0) is 44.0 Å². The quantitative estimate of drug-likeness (QED) is 0.876. The Balaban J connectivity index is 2.11. The molecule has 0 saturated carbocycles. The molecular weight excluding hydrogens is 246 g/mol. The van der Waals surface area contributed by atoms with Crippen molar-refractivity contribution in [3.8, 4) is 0 Å². The predicted molar refractivity (Wildman–Crippen MR) is 76.0 cm³/mol. The summed E-state index contributed by atoms with van der Waals surface area (Å²) in [5.41, 5.74) is 1.32. The first kappa shape index (κ1) is 13.9. The number of hydrogen-bond donors (Lipinski definition) is 1. The monoisotopic (exact) mass is 267 g/mol. The molecule has 1 saturated heterocycles. The van der Waals surface area contributed by atoms with Gasteiger partial charge in [-0.2, -0.15) is 0 Å². The second kappa shape index (κ2) is 6.55. The SMILES string of the molecule is CCCNC(c1ccc(Cl)cc1)C1COC(C)C1. The van der Waals surface area contributed by atoms with Crippen molar-refractivity contribution in [3.05, 3.63) is 34.9 Å². The Morgan fingerprint density at radius 3 is 2.67 bits per heavy atom. The summed E-state index contributed by atoms with van der Waals surface area (Å²) in [6.07, 6.45) is 2.66. The summed E-state index contributed by atoms with van der Waals surface area (Å²) < 4.78 is 5.71. The van der Waals surface area contributed by atoms with Gasteiger partial charge in [0.2, 0.25) is 0 Å². The van der Waals surface area contributed by atoms with Gasteiger partial charge >= 0.3 is 0 Å². The lowest BCUT2D eigenvalue weighted by Crippen LogP contribution is -2.29. The molecule has 3 heteroatoms.